The normalized spacial score (nSPS) is 9.76. The summed E-state index contributed by atoms with van der Waals surface area (Å²) in [7, 11) is 0. The van der Waals surface area contributed by atoms with E-state index in [0.717, 1.165) is 24.0 Å². The molecule has 0 amide bonds. The number of rotatable bonds is 3. The van der Waals surface area contributed by atoms with Crippen molar-refractivity contribution in [3.63, 3.8) is 0 Å². The van der Waals surface area contributed by atoms with Crippen molar-refractivity contribution in [3.05, 3.63) is 59.9 Å². The van der Waals surface area contributed by atoms with E-state index < -0.39 is 0 Å². The molecule has 2 heteroatoms. The van der Waals surface area contributed by atoms with Gasteiger partial charge in [0.25, 0.3) is 0 Å². The van der Waals surface area contributed by atoms with Crippen LogP contribution in [-0.4, -0.2) is 0 Å². The standard InChI is InChI=1S/C15H14F.Li/c1-2-4-12-7-9-13(10-8-12)14-5-3-6-15(16)11-14;/h3,5,7-11H,2,4H2,1H3;/q-1;+1. The van der Waals surface area contributed by atoms with Crippen molar-refractivity contribution in [1.82, 2.24) is 0 Å². The van der Waals surface area contributed by atoms with Crippen molar-refractivity contribution in [1.29, 1.82) is 0 Å². The Morgan fingerprint density at radius 2 is 1.76 bits per heavy atom. The molecule has 0 bridgehead atoms. The van der Waals surface area contributed by atoms with Crippen LogP contribution in [0, 0.1) is 11.9 Å². The maximum atomic E-state index is 13.0. The number of hydrogen-bond acceptors (Lipinski definition) is 0. The summed E-state index contributed by atoms with van der Waals surface area (Å²) in [6, 6.07) is 15.8. The summed E-state index contributed by atoms with van der Waals surface area (Å²) >= 11 is 0. The molecule has 0 saturated carbocycles. The third kappa shape index (κ3) is 3.73. The second kappa shape index (κ2) is 6.64. The van der Waals surface area contributed by atoms with Gasteiger partial charge in [-0.05, 0) is 17.5 Å². The molecule has 0 nitrogen and oxygen atoms in total. The van der Waals surface area contributed by atoms with E-state index in [1.807, 2.05) is 18.2 Å². The Hall–Kier alpha value is -1.03. The van der Waals surface area contributed by atoms with Gasteiger partial charge in [-0.3, -0.25) is 0 Å². The number of aryl methyl sites for hydroxylation is 1. The topological polar surface area (TPSA) is 0 Å². The van der Waals surface area contributed by atoms with E-state index in [2.05, 4.69) is 25.1 Å². The van der Waals surface area contributed by atoms with Crippen LogP contribution in [0.3, 0.4) is 0 Å². The Labute approximate surface area is 114 Å². The van der Waals surface area contributed by atoms with Crippen LogP contribution in [0.2, 0.25) is 0 Å². The van der Waals surface area contributed by atoms with Crippen molar-refractivity contribution in [2.75, 3.05) is 0 Å². The molecule has 0 aliphatic carbocycles. The molecule has 0 aliphatic heterocycles. The third-order valence-corrected chi connectivity index (χ3v) is 2.59. The molecular formula is C15H14FLi. The van der Waals surface area contributed by atoms with E-state index in [-0.39, 0.29) is 24.7 Å². The molecule has 17 heavy (non-hydrogen) atoms. The van der Waals surface area contributed by atoms with Crippen LogP contribution < -0.4 is 18.9 Å². The van der Waals surface area contributed by atoms with Gasteiger partial charge in [-0.2, -0.15) is 12.1 Å². The minimum Gasteiger partial charge on any atom is -0.236 e. The second-order valence-corrected chi connectivity index (χ2v) is 3.87. The summed E-state index contributed by atoms with van der Waals surface area (Å²) in [5.41, 5.74) is 3.28. The minimum atomic E-state index is -0.310. The van der Waals surface area contributed by atoms with Gasteiger partial charge in [0.05, 0.1) is 0 Å². The van der Waals surface area contributed by atoms with Gasteiger partial charge in [-0.25, -0.2) is 4.39 Å². The van der Waals surface area contributed by atoms with Crippen molar-refractivity contribution >= 4 is 0 Å². The fraction of sp³-hybridized carbons (Fsp3) is 0.200. The van der Waals surface area contributed by atoms with Crippen molar-refractivity contribution in [2.24, 2.45) is 0 Å². The summed E-state index contributed by atoms with van der Waals surface area (Å²) in [5.74, 6) is -0.310. The predicted octanol–water partition coefficient (Wildman–Crippen LogP) is 1.25. The second-order valence-electron chi connectivity index (χ2n) is 3.87. The van der Waals surface area contributed by atoms with E-state index in [0.29, 0.717) is 0 Å². The molecule has 0 aromatic heterocycles. The quantitative estimate of drug-likeness (QED) is 0.539. The summed E-state index contributed by atoms with van der Waals surface area (Å²) in [5, 5.41) is 0. The largest absolute Gasteiger partial charge is 1.00 e. The molecule has 2 aromatic carbocycles. The van der Waals surface area contributed by atoms with E-state index in [9.17, 15) is 4.39 Å². The molecule has 0 aliphatic rings. The van der Waals surface area contributed by atoms with E-state index >= 15 is 0 Å². The molecule has 0 fully saturated rings. The molecular weight excluding hydrogens is 206 g/mol. The summed E-state index contributed by atoms with van der Waals surface area (Å²) in [6.45, 7) is 2.16. The van der Waals surface area contributed by atoms with Crippen molar-refractivity contribution < 1.29 is 23.3 Å². The van der Waals surface area contributed by atoms with Gasteiger partial charge in [0, 0.05) is 5.82 Å². The third-order valence-electron chi connectivity index (χ3n) is 2.59. The molecule has 82 valence electrons. The van der Waals surface area contributed by atoms with E-state index in [1.165, 1.54) is 11.6 Å². The first-order valence-electron chi connectivity index (χ1n) is 5.56. The van der Waals surface area contributed by atoms with Crippen LogP contribution in [0.5, 0.6) is 0 Å². The van der Waals surface area contributed by atoms with Gasteiger partial charge in [0.15, 0.2) is 0 Å². The predicted molar refractivity (Wildman–Crippen MR) is 64.7 cm³/mol. The van der Waals surface area contributed by atoms with Gasteiger partial charge >= 0.3 is 18.9 Å². The Morgan fingerprint density at radius 3 is 2.35 bits per heavy atom. The summed E-state index contributed by atoms with van der Waals surface area (Å²) in [4.78, 5) is 0. The van der Waals surface area contributed by atoms with Gasteiger partial charge in [0.2, 0.25) is 0 Å². The smallest absolute Gasteiger partial charge is 0.236 e. The Kier molecular flexibility index (Phi) is 5.48. The van der Waals surface area contributed by atoms with E-state index in [4.69, 9.17) is 0 Å². The Bertz CT molecular complexity index is 463. The molecule has 0 N–H and O–H groups in total. The molecule has 0 spiro atoms. The molecule has 0 unspecified atom stereocenters. The Morgan fingerprint density at radius 1 is 1.06 bits per heavy atom. The van der Waals surface area contributed by atoms with Gasteiger partial charge in [-0.15, -0.1) is 17.7 Å². The monoisotopic (exact) mass is 220 g/mol. The average Bonchev–Trinajstić information content (AvgIpc) is 2.30. The van der Waals surface area contributed by atoms with Crippen molar-refractivity contribution in [2.45, 2.75) is 19.8 Å². The van der Waals surface area contributed by atoms with E-state index in [1.54, 1.807) is 6.07 Å². The SMILES string of the molecule is CCCc1ccc(-c2cc[c-]c(F)c2)cc1.[Li+]. The molecule has 0 atom stereocenters. The molecule has 2 aromatic rings. The Balaban J connectivity index is 0.00000144. The average molecular weight is 220 g/mol. The fourth-order valence-electron chi connectivity index (χ4n) is 1.77. The summed E-state index contributed by atoms with van der Waals surface area (Å²) in [6.07, 6.45) is 2.24. The van der Waals surface area contributed by atoms with Crippen LogP contribution >= 0.6 is 0 Å². The zero-order valence-electron chi connectivity index (χ0n) is 10.3. The van der Waals surface area contributed by atoms with Crippen LogP contribution in [-0.2, 0) is 6.42 Å². The molecule has 0 saturated heterocycles. The number of benzene rings is 2. The molecule has 0 radical (unpaired) electrons. The van der Waals surface area contributed by atoms with Gasteiger partial charge < -0.3 is 0 Å². The van der Waals surface area contributed by atoms with Crippen LogP contribution in [0.4, 0.5) is 4.39 Å². The molecule has 0 heterocycles. The van der Waals surface area contributed by atoms with Gasteiger partial charge in [0.1, 0.15) is 0 Å². The maximum Gasteiger partial charge on any atom is 1.00 e. The number of hydrogen-bond donors (Lipinski definition) is 0. The molecule has 2 rings (SSSR count). The van der Waals surface area contributed by atoms with Crippen LogP contribution in [0.25, 0.3) is 11.1 Å². The zero-order chi connectivity index (χ0) is 11.4. The maximum absolute atomic E-state index is 13.0. The first-order valence-corrected chi connectivity index (χ1v) is 5.56. The zero-order valence-corrected chi connectivity index (χ0v) is 10.3. The van der Waals surface area contributed by atoms with Crippen LogP contribution in [0.1, 0.15) is 18.9 Å². The van der Waals surface area contributed by atoms with Gasteiger partial charge in [-0.1, -0.05) is 37.6 Å². The summed E-state index contributed by atoms with van der Waals surface area (Å²) < 4.78 is 13.0. The van der Waals surface area contributed by atoms with Crippen LogP contribution in [0.15, 0.2) is 42.5 Å². The minimum absolute atomic E-state index is 0. The van der Waals surface area contributed by atoms with Crippen molar-refractivity contribution in [3.8, 4) is 11.1 Å². The fourth-order valence-corrected chi connectivity index (χ4v) is 1.77. The first kappa shape index (κ1) is 14.0. The number of halogens is 1. The first-order chi connectivity index (χ1) is 7.79.